The molecule has 0 spiro atoms. The van der Waals surface area contributed by atoms with Crippen molar-refractivity contribution in [3.05, 3.63) is 24.3 Å². The summed E-state index contributed by atoms with van der Waals surface area (Å²) >= 11 is 5.52. The average molecular weight is 201 g/mol. The Morgan fingerprint density at radius 3 is 2.77 bits per heavy atom. The Kier molecular flexibility index (Phi) is 4.47. The standard InChI is InChI=1S/C10H13ClO2/c1-12-9-4-2-5-10(8-9)13-7-3-6-11/h2,4-5,8H,3,6-7H2,1H3. The van der Waals surface area contributed by atoms with Gasteiger partial charge in [-0.05, 0) is 18.6 Å². The Labute approximate surface area is 83.4 Å². The maximum Gasteiger partial charge on any atom is 0.122 e. The molecule has 0 atom stereocenters. The lowest BCUT2D eigenvalue weighted by Crippen LogP contribution is -1.97. The predicted molar refractivity (Wildman–Crippen MR) is 53.8 cm³/mol. The summed E-state index contributed by atoms with van der Waals surface area (Å²) in [5.41, 5.74) is 0. The first-order valence-electron chi connectivity index (χ1n) is 4.19. The van der Waals surface area contributed by atoms with Crippen LogP contribution in [0.4, 0.5) is 0 Å². The van der Waals surface area contributed by atoms with Gasteiger partial charge in [0.15, 0.2) is 0 Å². The highest BCUT2D eigenvalue weighted by molar-refractivity contribution is 6.17. The molecule has 3 heteroatoms. The van der Waals surface area contributed by atoms with E-state index in [1.807, 2.05) is 24.3 Å². The number of benzene rings is 1. The molecule has 1 aromatic carbocycles. The molecule has 0 aliphatic heterocycles. The molecule has 0 aliphatic carbocycles. The maximum atomic E-state index is 5.52. The van der Waals surface area contributed by atoms with Crippen molar-refractivity contribution in [2.24, 2.45) is 0 Å². The van der Waals surface area contributed by atoms with Crippen LogP contribution in [0.1, 0.15) is 6.42 Å². The van der Waals surface area contributed by atoms with Crippen molar-refractivity contribution in [3.8, 4) is 11.5 Å². The van der Waals surface area contributed by atoms with Crippen molar-refractivity contribution < 1.29 is 9.47 Å². The normalized spacial score (nSPS) is 9.69. The molecule has 0 aliphatic rings. The second kappa shape index (κ2) is 5.70. The first kappa shape index (κ1) is 10.2. The van der Waals surface area contributed by atoms with Crippen LogP contribution in [-0.4, -0.2) is 19.6 Å². The summed E-state index contributed by atoms with van der Waals surface area (Å²) in [7, 11) is 1.64. The summed E-state index contributed by atoms with van der Waals surface area (Å²) in [6.07, 6.45) is 0.860. The Morgan fingerprint density at radius 1 is 1.31 bits per heavy atom. The van der Waals surface area contributed by atoms with Gasteiger partial charge in [0, 0.05) is 11.9 Å². The highest BCUT2D eigenvalue weighted by atomic mass is 35.5. The van der Waals surface area contributed by atoms with E-state index in [0.29, 0.717) is 12.5 Å². The van der Waals surface area contributed by atoms with Crippen molar-refractivity contribution in [3.63, 3.8) is 0 Å². The molecule has 0 aromatic heterocycles. The fraction of sp³-hybridized carbons (Fsp3) is 0.400. The van der Waals surface area contributed by atoms with E-state index in [9.17, 15) is 0 Å². The Bertz CT molecular complexity index is 250. The molecule has 0 amide bonds. The Balaban J connectivity index is 2.46. The van der Waals surface area contributed by atoms with E-state index in [2.05, 4.69) is 0 Å². The molecule has 0 saturated heterocycles. The van der Waals surface area contributed by atoms with Crippen LogP contribution in [0.5, 0.6) is 11.5 Å². The van der Waals surface area contributed by atoms with Gasteiger partial charge in [0.2, 0.25) is 0 Å². The third-order valence-electron chi connectivity index (χ3n) is 1.59. The van der Waals surface area contributed by atoms with Crippen LogP contribution in [0.3, 0.4) is 0 Å². The van der Waals surface area contributed by atoms with Crippen LogP contribution >= 0.6 is 11.6 Å². The lowest BCUT2D eigenvalue weighted by atomic mass is 10.3. The fourth-order valence-corrected chi connectivity index (χ4v) is 1.04. The van der Waals surface area contributed by atoms with Gasteiger partial charge in [-0.2, -0.15) is 0 Å². The molecule has 2 nitrogen and oxygen atoms in total. The van der Waals surface area contributed by atoms with Crippen LogP contribution in [-0.2, 0) is 0 Å². The first-order valence-corrected chi connectivity index (χ1v) is 4.73. The van der Waals surface area contributed by atoms with E-state index in [1.165, 1.54) is 0 Å². The summed E-state index contributed by atoms with van der Waals surface area (Å²) < 4.78 is 10.5. The van der Waals surface area contributed by atoms with Gasteiger partial charge < -0.3 is 9.47 Å². The third-order valence-corrected chi connectivity index (χ3v) is 1.86. The zero-order chi connectivity index (χ0) is 9.52. The highest BCUT2D eigenvalue weighted by Gasteiger charge is 1.95. The van der Waals surface area contributed by atoms with Gasteiger partial charge in [-0.25, -0.2) is 0 Å². The number of halogens is 1. The van der Waals surface area contributed by atoms with Gasteiger partial charge in [-0.3, -0.25) is 0 Å². The van der Waals surface area contributed by atoms with Crippen molar-refractivity contribution in [2.45, 2.75) is 6.42 Å². The monoisotopic (exact) mass is 200 g/mol. The van der Waals surface area contributed by atoms with E-state index in [-0.39, 0.29) is 0 Å². The van der Waals surface area contributed by atoms with E-state index in [1.54, 1.807) is 7.11 Å². The minimum Gasteiger partial charge on any atom is -0.497 e. The summed E-state index contributed by atoms with van der Waals surface area (Å²) in [5.74, 6) is 2.26. The van der Waals surface area contributed by atoms with Gasteiger partial charge in [0.1, 0.15) is 11.5 Å². The summed E-state index contributed by atoms with van der Waals surface area (Å²) in [5, 5.41) is 0. The summed E-state index contributed by atoms with van der Waals surface area (Å²) in [6.45, 7) is 0.649. The molecule has 0 fully saturated rings. The van der Waals surface area contributed by atoms with Crippen LogP contribution in [0.2, 0.25) is 0 Å². The average Bonchev–Trinajstić information content (AvgIpc) is 2.19. The molecule has 0 bridgehead atoms. The maximum absolute atomic E-state index is 5.52. The van der Waals surface area contributed by atoms with E-state index in [4.69, 9.17) is 21.1 Å². The lowest BCUT2D eigenvalue weighted by molar-refractivity contribution is 0.315. The predicted octanol–water partition coefficient (Wildman–Crippen LogP) is 2.70. The van der Waals surface area contributed by atoms with Crippen LogP contribution in [0.25, 0.3) is 0 Å². The zero-order valence-corrected chi connectivity index (χ0v) is 8.38. The first-order chi connectivity index (χ1) is 6.36. The van der Waals surface area contributed by atoms with Crippen LogP contribution < -0.4 is 9.47 Å². The van der Waals surface area contributed by atoms with Crippen LogP contribution in [0.15, 0.2) is 24.3 Å². The van der Waals surface area contributed by atoms with Gasteiger partial charge in [0.25, 0.3) is 0 Å². The molecule has 13 heavy (non-hydrogen) atoms. The number of hydrogen-bond donors (Lipinski definition) is 0. The fourth-order valence-electron chi connectivity index (χ4n) is 0.936. The SMILES string of the molecule is COc1cccc(OCCCCl)c1. The van der Waals surface area contributed by atoms with Crippen molar-refractivity contribution in [2.75, 3.05) is 19.6 Å². The van der Waals surface area contributed by atoms with E-state index >= 15 is 0 Å². The summed E-state index contributed by atoms with van der Waals surface area (Å²) in [6, 6.07) is 7.54. The van der Waals surface area contributed by atoms with Crippen molar-refractivity contribution >= 4 is 11.6 Å². The molecule has 0 N–H and O–H groups in total. The third kappa shape index (κ3) is 3.55. The molecule has 1 rings (SSSR count). The smallest absolute Gasteiger partial charge is 0.122 e. The van der Waals surface area contributed by atoms with Gasteiger partial charge in [0.05, 0.1) is 13.7 Å². The molecular weight excluding hydrogens is 188 g/mol. The van der Waals surface area contributed by atoms with Crippen LogP contribution in [0, 0.1) is 0 Å². The van der Waals surface area contributed by atoms with Crippen molar-refractivity contribution in [1.82, 2.24) is 0 Å². The van der Waals surface area contributed by atoms with Gasteiger partial charge >= 0.3 is 0 Å². The van der Waals surface area contributed by atoms with Gasteiger partial charge in [-0.1, -0.05) is 6.07 Å². The lowest BCUT2D eigenvalue weighted by Gasteiger charge is -2.06. The Hall–Kier alpha value is -0.890. The number of methoxy groups -OCH3 is 1. The number of ether oxygens (including phenoxy) is 2. The highest BCUT2D eigenvalue weighted by Crippen LogP contribution is 2.18. The van der Waals surface area contributed by atoms with Crippen molar-refractivity contribution in [1.29, 1.82) is 0 Å². The molecule has 0 radical (unpaired) electrons. The second-order valence-corrected chi connectivity index (χ2v) is 2.95. The molecular formula is C10H13ClO2. The topological polar surface area (TPSA) is 18.5 Å². The minimum absolute atomic E-state index is 0.629. The number of alkyl halides is 1. The molecule has 72 valence electrons. The largest absolute Gasteiger partial charge is 0.497 e. The second-order valence-electron chi connectivity index (χ2n) is 2.57. The quantitative estimate of drug-likeness (QED) is 0.538. The Morgan fingerprint density at radius 2 is 2.08 bits per heavy atom. The number of rotatable bonds is 5. The zero-order valence-electron chi connectivity index (χ0n) is 7.63. The molecule has 0 heterocycles. The van der Waals surface area contributed by atoms with E-state index < -0.39 is 0 Å². The summed E-state index contributed by atoms with van der Waals surface area (Å²) in [4.78, 5) is 0. The molecule has 1 aromatic rings. The van der Waals surface area contributed by atoms with E-state index in [0.717, 1.165) is 17.9 Å². The molecule has 0 unspecified atom stereocenters. The number of hydrogen-bond acceptors (Lipinski definition) is 2. The minimum atomic E-state index is 0.629. The molecule has 0 saturated carbocycles. The van der Waals surface area contributed by atoms with Gasteiger partial charge in [-0.15, -0.1) is 11.6 Å².